The zero-order valence-electron chi connectivity index (χ0n) is 12.4. The molecule has 2 heteroatoms. The van der Waals surface area contributed by atoms with Crippen molar-refractivity contribution in [3.63, 3.8) is 0 Å². The fourth-order valence-electron chi connectivity index (χ4n) is 2.15. The predicted molar refractivity (Wildman–Crippen MR) is 80.4 cm³/mol. The smallest absolute Gasteiger partial charge is 0.197 e. The Bertz CT molecular complexity index is 336. The minimum atomic E-state index is -0.689. The Morgan fingerprint density at radius 1 is 1.00 bits per heavy atom. The van der Waals surface area contributed by atoms with E-state index < -0.39 is 6.29 Å². The van der Waals surface area contributed by atoms with Crippen LogP contribution in [0.5, 0.6) is 5.75 Å². The Labute approximate surface area is 117 Å². The third kappa shape index (κ3) is 6.63. The summed E-state index contributed by atoms with van der Waals surface area (Å²) in [5, 5.41) is 9.58. The number of rotatable bonds is 10. The van der Waals surface area contributed by atoms with Gasteiger partial charge in [0, 0.05) is 6.42 Å². The van der Waals surface area contributed by atoms with Crippen molar-refractivity contribution in [2.75, 3.05) is 0 Å². The molecule has 1 rings (SSSR count). The van der Waals surface area contributed by atoms with E-state index in [1.54, 1.807) is 0 Å². The second-order valence-electron chi connectivity index (χ2n) is 5.11. The second-order valence-corrected chi connectivity index (χ2v) is 5.11. The summed E-state index contributed by atoms with van der Waals surface area (Å²) < 4.78 is 5.55. The highest BCUT2D eigenvalue weighted by molar-refractivity contribution is 5.33. The minimum absolute atomic E-state index is 0.616. The van der Waals surface area contributed by atoms with Crippen molar-refractivity contribution in [2.24, 2.45) is 0 Å². The fourth-order valence-corrected chi connectivity index (χ4v) is 2.15. The van der Waals surface area contributed by atoms with Gasteiger partial charge in [-0.25, -0.2) is 0 Å². The van der Waals surface area contributed by atoms with Gasteiger partial charge in [0.05, 0.1) is 0 Å². The second kappa shape index (κ2) is 9.85. The topological polar surface area (TPSA) is 29.5 Å². The maximum absolute atomic E-state index is 9.58. The van der Waals surface area contributed by atoms with E-state index in [2.05, 4.69) is 13.0 Å². The van der Waals surface area contributed by atoms with Crippen LogP contribution in [0.25, 0.3) is 0 Å². The van der Waals surface area contributed by atoms with Gasteiger partial charge in [0.25, 0.3) is 0 Å². The Balaban J connectivity index is 2.36. The molecular formula is C17H28O2. The molecule has 1 N–H and O–H groups in total. The van der Waals surface area contributed by atoms with Gasteiger partial charge >= 0.3 is 0 Å². The predicted octanol–water partition coefficient (Wildman–Crippen LogP) is 4.70. The summed E-state index contributed by atoms with van der Waals surface area (Å²) in [5.41, 5.74) is 1.21. The van der Waals surface area contributed by atoms with Crippen LogP contribution in [0.4, 0.5) is 0 Å². The van der Waals surface area contributed by atoms with Gasteiger partial charge in [-0.3, -0.25) is 0 Å². The monoisotopic (exact) mass is 264 g/mol. The van der Waals surface area contributed by atoms with Crippen LogP contribution < -0.4 is 4.74 Å². The Morgan fingerprint density at radius 3 is 2.42 bits per heavy atom. The highest BCUT2D eigenvalue weighted by Crippen LogP contribution is 2.22. The normalized spacial score (nSPS) is 12.4. The number of aryl methyl sites for hydroxylation is 1. The molecule has 0 aromatic heterocycles. The Hall–Kier alpha value is -1.02. The summed E-state index contributed by atoms with van der Waals surface area (Å²) in [6.07, 6.45) is 8.78. The molecule has 0 aliphatic heterocycles. The van der Waals surface area contributed by atoms with Crippen molar-refractivity contribution >= 4 is 0 Å². The van der Waals surface area contributed by atoms with Gasteiger partial charge in [-0.2, -0.15) is 0 Å². The van der Waals surface area contributed by atoms with Crippen molar-refractivity contribution < 1.29 is 9.84 Å². The molecule has 1 aromatic rings. The lowest BCUT2D eigenvalue weighted by Gasteiger charge is -2.15. The van der Waals surface area contributed by atoms with Crippen molar-refractivity contribution in [1.29, 1.82) is 0 Å². The molecule has 0 aliphatic rings. The number of unbranched alkanes of at least 4 members (excludes halogenated alkanes) is 5. The lowest BCUT2D eigenvalue weighted by atomic mass is 10.0. The van der Waals surface area contributed by atoms with E-state index in [-0.39, 0.29) is 0 Å². The third-order valence-electron chi connectivity index (χ3n) is 3.38. The van der Waals surface area contributed by atoms with Gasteiger partial charge in [-0.15, -0.1) is 0 Å². The van der Waals surface area contributed by atoms with Crippen LogP contribution in [0, 0.1) is 0 Å². The SMILES string of the molecule is CCCCCCCCc1ccccc1OC(O)CC. The molecule has 0 fully saturated rings. The summed E-state index contributed by atoms with van der Waals surface area (Å²) in [4.78, 5) is 0. The van der Waals surface area contributed by atoms with Gasteiger partial charge in [-0.1, -0.05) is 64.2 Å². The molecule has 0 bridgehead atoms. The van der Waals surface area contributed by atoms with E-state index in [1.165, 1.54) is 44.1 Å². The summed E-state index contributed by atoms with van der Waals surface area (Å²) in [5.74, 6) is 0.838. The molecule has 1 atom stereocenters. The van der Waals surface area contributed by atoms with Gasteiger partial charge in [0.15, 0.2) is 6.29 Å². The standard InChI is InChI=1S/C17H28O2/c1-3-5-6-7-8-9-12-15-13-10-11-14-16(15)19-17(18)4-2/h10-11,13-14,17-18H,3-9,12H2,1-2H3. The third-order valence-corrected chi connectivity index (χ3v) is 3.38. The molecule has 108 valence electrons. The highest BCUT2D eigenvalue weighted by atomic mass is 16.6. The number of aliphatic hydroxyl groups excluding tert-OH is 1. The molecule has 0 amide bonds. The van der Waals surface area contributed by atoms with Crippen molar-refractivity contribution in [3.05, 3.63) is 29.8 Å². The molecule has 0 spiro atoms. The molecule has 0 saturated heterocycles. The molecule has 0 radical (unpaired) electrons. The molecular weight excluding hydrogens is 236 g/mol. The Kier molecular flexibility index (Phi) is 8.31. The van der Waals surface area contributed by atoms with Crippen LogP contribution >= 0.6 is 0 Å². The van der Waals surface area contributed by atoms with Crippen LogP contribution in [0.15, 0.2) is 24.3 Å². The lowest BCUT2D eigenvalue weighted by Crippen LogP contribution is -2.14. The Morgan fingerprint density at radius 2 is 1.68 bits per heavy atom. The van der Waals surface area contributed by atoms with Crippen LogP contribution in [0.3, 0.4) is 0 Å². The maximum Gasteiger partial charge on any atom is 0.197 e. The summed E-state index contributed by atoms with van der Waals surface area (Å²) in [6.45, 7) is 4.16. The van der Waals surface area contributed by atoms with Crippen molar-refractivity contribution in [1.82, 2.24) is 0 Å². The summed E-state index contributed by atoms with van der Waals surface area (Å²) in [7, 11) is 0. The van der Waals surface area contributed by atoms with Gasteiger partial charge in [-0.05, 0) is 24.5 Å². The van der Waals surface area contributed by atoms with Crippen molar-refractivity contribution in [2.45, 2.75) is 71.5 Å². The molecule has 0 heterocycles. The highest BCUT2D eigenvalue weighted by Gasteiger charge is 2.07. The number of benzene rings is 1. The van der Waals surface area contributed by atoms with Crippen LogP contribution in [0.1, 0.15) is 64.4 Å². The lowest BCUT2D eigenvalue weighted by molar-refractivity contribution is -0.0197. The first kappa shape index (κ1) is 16.0. The summed E-state index contributed by atoms with van der Waals surface area (Å²) >= 11 is 0. The first-order chi connectivity index (χ1) is 9.27. The average Bonchev–Trinajstić information content (AvgIpc) is 2.44. The van der Waals surface area contributed by atoms with E-state index in [0.717, 1.165) is 12.2 Å². The number of hydrogen-bond donors (Lipinski definition) is 1. The largest absolute Gasteiger partial charge is 0.465 e. The molecule has 1 unspecified atom stereocenters. The zero-order chi connectivity index (χ0) is 13.9. The van der Waals surface area contributed by atoms with E-state index in [9.17, 15) is 5.11 Å². The quantitative estimate of drug-likeness (QED) is 0.490. The first-order valence-electron chi connectivity index (χ1n) is 7.70. The minimum Gasteiger partial charge on any atom is -0.465 e. The van der Waals surface area contributed by atoms with Gasteiger partial charge in [0.2, 0.25) is 0 Å². The van der Waals surface area contributed by atoms with Gasteiger partial charge in [0.1, 0.15) is 5.75 Å². The average molecular weight is 264 g/mol. The zero-order valence-corrected chi connectivity index (χ0v) is 12.4. The van der Waals surface area contributed by atoms with E-state index >= 15 is 0 Å². The summed E-state index contributed by atoms with van der Waals surface area (Å²) in [6, 6.07) is 8.05. The molecule has 2 nitrogen and oxygen atoms in total. The van der Waals surface area contributed by atoms with Crippen LogP contribution in [0.2, 0.25) is 0 Å². The number of ether oxygens (including phenoxy) is 1. The fraction of sp³-hybridized carbons (Fsp3) is 0.647. The molecule has 19 heavy (non-hydrogen) atoms. The number of aliphatic hydroxyl groups is 1. The first-order valence-corrected chi connectivity index (χ1v) is 7.70. The number of hydrogen-bond acceptors (Lipinski definition) is 2. The van der Waals surface area contributed by atoms with Crippen LogP contribution in [-0.2, 0) is 6.42 Å². The van der Waals surface area contributed by atoms with E-state index in [0.29, 0.717) is 6.42 Å². The van der Waals surface area contributed by atoms with Crippen molar-refractivity contribution in [3.8, 4) is 5.75 Å². The molecule has 0 saturated carbocycles. The molecule has 1 aromatic carbocycles. The van der Waals surface area contributed by atoms with Gasteiger partial charge < -0.3 is 9.84 Å². The number of para-hydroxylation sites is 1. The molecule has 0 aliphatic carbocycles. The van der Waals surface area contributed by atoms with E-state index in [4.69, 9.17) is 4.74 Å². The maximum atomic E-state index is 9.58. The van der Waals surface area contributed by atoms with E-state index in [1.807, 2.05) is 25.1 Å². The van der Waals surface area contributed by atoms with Crippen LogP contribution in [-0.4, -0.2) is 11.4 Å².